The van der Waals surface area contributed by atoms with Crippen molar-refractivity contribution in [2.24, 2.45) is 5.10 Å². The van der Waals surface area contributed by atoms with E-state index in [-0.39, 0.29) is 18.1 Å². The summed E-state index contributed by atoms with van der Waals surface area (Å²) in [6, 6.07) is 3.24. The van der Waals surface area contributed by atoms with Gasteiger partial charge in [-0.3, -0.25) is 14.7 Å². The highest BCUT2D eigenvalue weighted by molar-refractivity contribution is 5.85. The van der Waals surface area contributed by atoms with Crippen LogP contribution in [-0.2, 0) is 16.0 Å². The lowest BCUT2D eigenvalue weighted by Crippen LogP contribution is -2.18. The maximum atomic E-state index is 12.0. The van der Waals surface area contributed by atoms with E-state index in [4.69, 9.17) is 14.2 Å². The van der Waals surface area contributed by atoms with Crippen molar-refractivity contribution in [3.05, 3.63) is 34.6 Å². The first-order chi connectivity index (χ1) is 13.3. The van der Waals surface area contributed by atoms with Crippen LogP contribution in [0.5, 0.6) is 17.2 Å². The number of methoxy groups -OCH3 is 2. The first-order valence-electron chi connectivity index (χ1n) is 8.62. The van der Waals surface area contributed by atoms with E-state index in [2.05, 4.69) is 20.7 Å². The Labute approximate surface area is 163 Å². The molecule has 0 saturated carbocycles. The number of nitrogens with zero attached hydrogens (tertiary/aromatic N) is 2. The van der Waals surface area contributed by atoms with Crippen LogP contribution in [0.25, 0.3) is 0 Å². The van der Waals surface area contributed by atoms with Crippen LogP contribution in [0.1, 0.15) is 35.9 Å². The number of hydrazone groups is 1. The van der Waals surface area contributed by atoms with Gasteiger partial charge in [0.15, 0.2) is 11.5 Å². The number of aryl methyl sites for hydroxylation is 2. The van der Waals surface area contributed by atoms with Crippen molar-refractivity contribution < 1.29 is 23.8 Å². The Morgan fingerprint density at radius 1 is 1.21 bits per heavy atom. The van der Waals surface area contributed by atoms with E-state index in [9.17, 15) is 9.59 Å². The minimum Gasteiger partial charge on any atom is -0.493 e. The maximum absolute atomic E-state index is 12.0. The molecule has 0 radical (unpaired) electrons. The van der Waals surface area contributed by atoms with Crippen LogP contribution in [0.3, 0.4) is 0 Å². The molecule has 150 valence electrons. The number of hydrogen-bond donors (Lipinski definition) is 2. The predicted octanol–water partition coefficient (Wildman–Crippen LogP) is 2.05. The molecule has 1 amide bonds. The van der Waals surface area contributed by atoms with Crippen LogP contribution in [0.15, 0.2) is 17.2 Å². The number of nitrogens with one attached hydrogen (secondary N) is 2. The van der Waals surface area contributed by atoms with Crippen molar-refractivity contribution in [2.45, 2.75) is 33.6 Å². The summed E-state index contributed by atoms with van der Waals surface area (Å²) in [4.78, 5) is 23.3. The van der Waals surface area contributed by atoms with Gasteiger partial charge in [-0.05, 0) is 38.0 Å². The van der Waals surface area contributed by atoms with E-state index in [1.807, 2.05) is 13.8 Å². The molecule has 0 aliphatic rings. The first-order valence-corrected chi connectivity index (χ1v) is 8.62. The van der Waals surface area contributed by atoms with Crippen molar-refractivity contribution in [1.29, 1.82) is 0 Å². The highest BCUT2D eigenvalue weighted by atomic mass is 16.6. The summed E-state index contributed by atoms with van der Waals surface area (Å²) in [7, 11) is 2.90. The lowest BCUT2D eigenvalue weighted by atomic mass is 10.1. The summed E-state index contributed by atoms with van der Waals surface area (Å²) in [5, 5.41) is 11.0. The zero-order valence-corrected chi connectivity index (χ0v) is 16.6. The molecule has 0 aliphatic heterocycles. The molecule has 0 unspecified atom stereocenters. The molecule has 1 aromatic heterocycles. The van der Waals surface area contributed by atoms with Gasteiger partial charge in [0.25, 0.3) is 0 Å². The number of carbonyl (C=O) groups is 2. The highest BCUT2D eigenvalue weighted by Crippen LogP contribution is 2.38. The Morgan fingerprint density at radius 2 is 1.86 bits per heavy atom. The summed E-state index contributed by atoms with van der Waals surface area (Å²) in [6.45, 7) is 5.11. The number of benzene rings is 1. The van der Waals surface area contributed by atoms with E-state index in [0.717, 1.165) is 17.0 Å². The lowest BCUT2D eigenvalue weighted by molar-refractivity contribution is -0.132. The van der Waals surface area contributed by atoms with Gasteiger partial charge in [-0.15, -0.1) is 0 Å². The molecule has 1 heterocycles. The number of aromatic nitrogens is 2. The van der Waals surface area contributed by atoms with Crippen molar-refractivity contribution >= 4 is 18.1 Å². The predicted molar refractivity (Wildman–Crippen MR) is 103 cm³/mol. The number of amides is 1. The highest BCUT2D eigenvalue weighted by Gasteiger charge is 2.15. The summed E-state index contributed by atoms with van der Waals surface area (Å²) in [6.07, 6.45) is 2.32. The van der Waals surface area contributed by atoms with E-state index < -0.39 is 5.97 Å². The third kappa shape index (κ3) is 5.32. The molecule has 28 heavy (non-hydrogen) atoms. The largest absolute Gasteiger partial charge is 0.493 e. The van der Waals surface area contributed by atoms with Crippen LogP contribution in [0, 0.1) is 13.8 Å². The third-order valence-corrected chi connectivity index (χ3v) is 4.01. The number of H-pyrrole nitrogens is 1. The normalized spacial score (nSPS) is 10.8. The summed E-state index contributed by atoms with van der Waals surface area (Å²) < 4.78 is 15.6. The topological polar surface area (TPSA) is 115 Å². The zero-order chi connectivity index (χ0) is 20.7. The van der Waals surface area contributed by atoms with Crippen molar-refractivity contribution in [3.63, 3.8) is 0 Å². The minimum absolute atomic E-state index is 0.185. The fourth-order valence-corrected chi connectivity index (χ4v) is 2.63. The average molecular weight is 388 g/mol. The van der Waals surface area contributed by atoms with Gasteiger partial charge in [-0.2, -0.15) is 10.2 Å². The summed E-state index contributed by atoms with van der Waals surface area (Å²) in [5.74, 6) is 0.103. The molecule has 9 nitrogen and oxygen atoms in total. The number of ether oxygens (including phenoxy) is 3. The van der Waals surface area contributed by atoms with Gasteiger partial charge < -0.3 is 14.2 Å². The lowest BCUT2D eigenvalue weighted by Gasteiger charge is -2.13. The maximum Gasteiger partial charge on any atom is 0.308 e. The SMILES string of the molecule is COc1cc(/C=N\NC(=O)CCc2c(C)n[nH]c2C)cc(OC)c1OC(C)=O. The molecule has 0 bridgehead atoms. The van der Waals surface area contributed by atoms with E-state index >= 15 is 0 Å². The number of carbonyl (C=O) groups excluding carboxylic acids is 2. The van der Waals surface area contributed by atoms with E-state index in [1.54, 1.807) is 12.1 Å². The quantitative estimate of drug-likeness (QED) is 0.310. The molecule has 9 heteroatoms. The van der Waals surface area contributed by atoms with Crippen molar-refractivity contribution in [1.82, 2.24) is 15.6 Å². The van der Waals surface area contributed by atoms with Crippen molar-refractivity contribution in [3.8, 4) is 17.2 Å². The second kappa shape index (κ2) is 9.54. The second-order valence-corrected chi connectivity index (χ2v) is 6.05. The Kier molecular flexibility index (Phi) is 7.14. The van der Waals surface area contributed by atoms with Gasteiger partial charge in [-0.25, -0.2) is 5.43 Å². The second-order valence-electron chi connectivity index (χ2n) is 6.05. The van der Waals surface area contributed by atoms with Crippen LogP contribution in [0.4, 0.5) is 0 Å². The third-order valence-electron chi connectivity index (χ3n) is 4.01. The Bertz CT molecular complexity index is 844. The molecule has 0 atom stereocenters. The number of aromatic amines is 1. The molecule has 2 rings (SSSR count). The monoisotopic (exact) mass is 388 g/mol. The van der Waals surface area contributed by atoms with Gasteiger partial charge in [0, 0.05) is 24.6 Å². The fourth-order valence-electron chi connectivity index (χ4n) is 2.63. The molecule has 0 spiro atoms. The molecule has 0 aliphatic carbocycles. The van der Waals surface area contributed by atoms with E-state index in [0.29, 0.717) is 23.5 Å². The number of esters is 1. The Morgan fingerprint density at radius 3 is 2.36 bits per heavy atom. The average Bonchev–Trinajstić information content (AvgIpc) is 2.98. The van der Waals surface area contributed by atoms with Gasteiger partial charge in [0.05, 0.1) is 26.1 Å². The van der Waals surface area contributed by atoms with Crippen LogP contribution >= 0.6 is 0 Å². The molecule has 0 fully saturated rings. The molecular formula is C19H24N4O5. The van der Waals surface area contributed by atoms with E-state index in [1.165, 1.54) is 27.4 Å². The van der Waals surface area contributed by atoms with Gasteiger partial charge in [0.1, 0.15) is 0 Å². The first kappa shape index (κ1) is 20.9. The zero-order valence-electron chi connectivity index (χ0n) is 16.6. The Balaban J connectivity index is 2.03. The smallest absolute Gasteiger partial charge is 0.308 e. The van der Waals surface area contributed by atoms with Gasteiger partial charge in [-0.1, -0.05) is 0 Å². The minimum atomic E-state index is -0.492. The Hall–Kier alpha value is -3.36. The van der Waals surface area contributed by atoms with Crippen LogP contribution in [-0.4, -0.2) is 42.5 Å². The number of hydrogen-bond acceptors (Lipinski definition) is 7. The molecular weight excluding hydrogens is 364 g/mol. The summed E-state index contributed by atoms with van der Waals surface area (Å²) >= 11 is 0. The molecule has 1 aromatic carbocycles. The van der Waals surface area contributed by atoms with Crippen molar-refractivity contribution in [2.75, 3.05) is 14.2 Å². The van der Waals surface area contributed by atoms with Crippen LogP contribution in [0.2, 0.25) is 0 Å². The summed E-state index contributed by atoms with van der Waals surface area (Å²) in [5.41, 5.74) is 5.98. The molecule has 2 N–H and O–H groups in total. The van der Waals surface area contributed by atoms with Gasteiger partial charge >= 0.3 is 5.97 Å². The standard InChI is InChI=1S/C19H24N4O5/c1-11-15(12(2)22-21-11)6-7-18(25)23-20-10-14-8-16(26-4)19(28-13(3)24)17(9-14)27-5/h8-10H,6-7H2,1-5H3,(H,21,22)(H,23,25)/b20-10-. The van der Waals surface area contributed by atoms with Crippen LogP contribution < -0.4 is 19.6 Å². The van der Waals surface area contributed by atoms with Gasteiger partial charge in [0.2, 0.25) is 11.7 Å². The number of rotatable bonds is 8. The fraction of sp³-hybridized carbons (Fsp3) is 0.368. The molecule has 0 saturated heterocycles. The molecule has 2 aromatic rings.